The molecule has 1 saturated carbocycles. The number of rotatable bonds is 4. The molecule has 0 saturated heterocycles. The summed E-state index contributed by atoms with van der Waals surface area (Å²) in [7, 11) is 0. The summed E-state index contributed by atoms with van der Waals surface area (Å²) in [5.41, 5.74) is 2.94. The zero-order chi connectivity index (χ0) is 11.4. The third-order valence-electron chi connectivity index (χ3n) is 3.47. The minimum atomic E-state index is 0.758. The van der Waals surface area contributed by atoms with Gasteiger partial charge in [-0.2, -0.15) is 5.26 Å². The van der Waals surface area contributed by atoms with Crippen molar-refractivity contribution in [1.82, 2.24) is 0 Å². The molecule has 0 atom stereocenters. The van der Waals surface area contributed by atoms with Gasteiger partial charge in [0, 0.05) is 6.54 Å². The summed E-state index contributed by atoms with van der Waals surface area (Å²) in [5, 5.41) is 12.4. The van der Waals surface area contributed by atoms with E-state index in [4.69, 9.17) is 5.26 Å². The van der Waals surface area contributed by atoms with Crippen molar-refractivity contribution < 1.29 is 0 Å². The minimum Gasteiger partial charge on any atom is -0.384 e. The molecule has 84 valence electrons. The Bertz CT molecular complexity index is 400. The van der Waals surface area contributed by atoms with E-state index in [1.54, 1.807) is 0 Å². The van der Waals surface area contributed by atoms with Crippen LogP contribution in [0.5, 0.6) is 0 Å². The summed E-state index contributed by atoms with van der Waals surface area (Å²) >= 11 is 0. The molecule has 2 heteroatoms. The highest BCUT2D eigenvalue weighted by Crippen LogP contribution is 2.29. The normalized spacial score (nSPS) is 15.2. The number of anilines is 1. The first-order chi connectivity index (χ1) is 7.81. The lowest BCUT2D eigenvalue weighted by Crippen LogP contribution is -2.16. The quantitative estimate of drug-likeness (QED) is 0.833. The van der Waals surface area contributed by atoms with Crippen LogP contribution in [0.1, 0.15) is 36.8 Å². The van der Waals surface area contributed by atoms with Gasteiger partial charge >= 0.3 is 0 Å². The minimum absolute atomic E-state index is 0.758. The molecule has 0 bridgehead atoms. The highest BCUT2D eigenvalue weighted by Gasteiger charge is 2.16. The van der Waals surface area contributed by atoms with E-state index in [1.165, 1.54) is 25.7 Å². The average molecular weight is 214 g/mol. The van der Waals surface area contributed by atoms with Gasteiger partial charge < -0.3 is 5.32 Å². The van der Waals surface area contributed by atoms with E-state index in [0.717, 1.165) is 29.3 Å². The maximum atomic E-state index is 9.02. The number of nitrogens with one attached hydrogen (secondary N) is 1. The lowest BCUT2D eigenvalue weighted by Gasteiger charge is -2.25. The smallest absolute Gasteiger partial charge is 0.101 e. The lowest BCUT2D eigenvalue weighted by atomic mass is 9.83. The summed E-state index contributed by atoms with van der Waals surface area (Å²) in [6, 6.07) is 8.10. The van der Waals surface area contributed by atoms with Crippen molar-refractivity contribution in [1.29, 1.82) is 5.26 Å². The van der Waals surface area contributed by atoms with Gasteiger partial charge in [0.25, 0.3) is 0 Å². The molecular formula is C14H18N2. The van der Waals surface area contributed by atoms with E-state index in [0.29, 0.717) is 0 Å². The molecule has 1 aliphatic carbocycles. The molecule has 0 aromatic heterocycles. The van der Waals surface area contributed by atoms with Gasteiger partial charge in [-0.1, -0.05) is 31.4 Å². The van der Waals surface area contributed by atoms with Gasteiger partial charge in [0.05, 0.1) is 11.3 Å². The van der Waals surface area contributed by atoms with Crippen LogP contribution in [-0.4, -0.2) is 6.54 Å². The predicted molar refractivity (Wildman–Crippen MR) is 66.3 cm³/mol. The van der Waals surface area contributed by atoms with Crippen molar-refractivity contribution in [2.24, 2.45) is 5.92 Å². The topological polar surface area (TPSA) is 35.8 Å². The summed E-state index contributed by atoms with van der Waals surface area (Å²) in [4.78, 5) is 0. The van der Waals surface area contributed by atoms with Crippen LogP contribution in [0, 0.1) is 24.2 Å². The van der Waals surface area contributed by atoms with Gasteiger partial charge in [0.15, 0.2) is 0 Å². The van der Waals surface area contributed by atoms with Gasteiger partial charge in [-0.25, -0.2) is 0 Å². The van der Waals surface area contributed by atoms with Crippen molar-refractivity contribution in [2.75, 3.05) is 11.9 Å². The molecule has 0 unspecified atom stereocenters. The van der Waals surface area contributed by atoms with Gasteiger partial charge in [-0.05, 0) is 30.9 Å². The monoisotopic (exact) mass is 214 g/mol. The van der Waals surface area contributed by atoms with Crippen LogP contribution in [-0.2, 0) is 0 Å². The highest BCUT2D eigenvalue weighted by molar-refractivity contribution is 5.62. The van der Waals surface area contributed by atoms with Gasteiger partial charge in [0.2, 0.25) is 0 Å². The second-order valence-corrected chi connectivity index (χ2v) is 4.62. The van der Waals surface area contributed by atoms with E-state index in [9.17, 15) is 0 Å². The van der Waals surface area contributed by atoms with Gasteiger partial charge in [-0.15, -0.1) is 0 Å². The number of hydrogen-bond donors (Lipinski definition) is 1. The van der Waals surface area contributed by atoms with E-state index < -0.39 is 0 Å². The zero-order valence-electron chi connectivity index (χ0n) is 9.79. The molecule has 1 aromatic carbocycles. The Labute approximate surface area is 97.3 Å². The molecule has 0 amide bonds. The van der Waals surface area contributed by atoms with Crippen LogP contribution in [0.2, 0.25) is 0 Å². The van der Waals surface area contributed by atoms with E-state index in [1.807, 2.05) is 25.1 Å². The standard InChI is InChI=1S/C14H18N2/c1-11-4-2-7-13(10-15)14(11)16-9-8-12-5-3-6-12/h2,4,7,12,16H,3,5-6,8-9H2,1H3. The molecule has 1 aromatic rings. The number of nitriles is 1. The Morgan fingerprint density at radius 2 is 2.25 bits per heavy atom. The largest absolute Gasteiger partial charge is 0.384 e. The fourth-order valence-electron chi connectivity index (χ4n) is 2.18. The maximum Gasteiger partial charge on any atom is 0.101 e. The molecule has 0 spiro atoms. The van der Waals surface area contributed by atoms with Crippen LogP contribution in [0.4, 0.5) is 5.69 Å². The van der Waals surface area contributed by atoms with Gasteiger partial charge in [-0.3, -0.25) is 0 Å². The van der Waals surface area contributed by atoms with Crippen molar-refractivity contribution in [2.45, 2.75) is 32.6 Å². The molecule has 0 heterocycles. The van der Waals surface area contributed by atoms with Crippen LogP contribution in [0.25, 0.3) is 0 Å². The molecule has 2 rings (SSSR count). The number of benzene rings is 1. The van der Waals surface area contributed by atoms with Crippen molar-refractivity contribution in [3.8, 4) is 6.07 Å². The molecule has 2 nitrogen and oxygen atoms in total. The van der Waals surface area contributed by atoms with Crippen LogP contribution in [0.15, 0.2) is 18.2 Å². The Balaban J connectivity index is 1.94. The predicted octanol–water partition coefficient (Wildman–Crippen LogP) is 3.47. The summed E-state index contributed by atoms with van der Waals surface area (Å²) < 4.78 is 0. The lowest BCUT2D eigenvalue weighted by molar-refractivity contribution is 0.303. The first-order valence-corrected chi connectivity index (χ1v) is 6.05. The SMILES string of the molecule is Cc1cccc(C#N)c1NCCC1CCC1. The molecule has 0 radical (unpaired) electrons. The molecule has 1 N–H and O–H groups in total. The molecule has 16 heavy (non-hydrogen) atoms. The van der Waals surface area contributed by atoms with Crippen LogP contribution in [0.3, 0.4) is 0 Å². The number of aryl methyl sites for hydroxylation is 1. The fraction of sp³-hybridized carbons (Fsp3) is 0.500. The highest BCUT2D eigenvalue weighted by atomic mass is 14.9. The average Bonchev–Trinajstić information content (AvgIpc) is 2.23. The van der Waals surface area contributed by atoms with E-state index in [2.05, 4.69) is 11.4 Å². The zero-order valence-corrected chi connectivity index (χ0v) is 9.79. The number of para-hydroxylation sites is 1. The maximum absolute atomic E-state index is 9.02. The summed E-state index contributed by atoms with van der Waals surface area (Å²) in [6.45, 7) is 3.04. The molecule has 1 aliphatic rings. The molecule has 0 aliphatic heterocycles. The Morgan fingerprint density at radius 3 is 2.88 bits per heavy atom. The molecular weight excluding hydrogens is 196 g/mol. The second kappa shape index (κ2) is 5.03. The van der Waals surface area contributed by atoms with Crippen molar-refractivity contribution in [3.05, 3.63) is 29.3 Å². The third-order valence-corrected chi connectivity index (χ3v) is 3.47. The first-order valence-electron chi connectivity index (χ1n) is 6.05. The summed E-state index contributed by atoms with van der Waals surface area (Å²) in [5.74, 6) is 0.919. The van der Waals surface area contributed by atoms with Crippen LogP contribution < -0.4 is 5.32 Å². The van der Waals surface area contributed by atoms with Crippen LogP contribution >= 0.6 is 0 Å². The fourth-order valence-corrected chi connectivity index (χ4v) is 2.18. The third kappa shape index (κ3) is 2.36. The van der Waals surface area contributed by atoms with E-state index >= 15 is 0 Å². The number of nitrogens with zero attached hydrogens (tertiary/aromatic N) is 1. The van der Waals surface area contributed by atoms with Gasteiger partial charge in [0.1, 0.15) is 6.07 Å². The Morgan fingerprint density at radius 1 is 1.44 bits per heavy atom. The summed E-state index contributed by atoms with van der Waals surface area (Å²) in [6.07, 6.45) is 5.42. The number of hydrogen-bond acceptors (Lipinski definition) is 2. The van der Waals surface area contributed by atoms with Crippen molar-refractivity contribution in [3.63, 3.8) is 0 Å². The Hall–Kier alpha value is -1.49. The first kappa shape index (κ1) is 11.0. The second-order valence-electron chi connectivity index (χ2n) is 4.62. The van der Waals surface area contributed by atoms with E-state index in [-0.39, 0.29) is 0 Å². The van der Waals surface area contributed by atoms with Crippen molar-refractivity contribution >= 4 is 5.69 Å². The Kier molecular flexibility index (Phi) is 3.46. The molecule has 1 fully saturated rings.